The molecule has 1 aliphatic rings. The van der Waals surface area contributed by atoms with Gasteiger partial charge in [0, 0.05) is 0 Å². The lowest BCUT2D eigenvalue weighted by atomic mass is 10.1. The number of alkyl halides is 3. The predicted molar refractivity (Wildman–Crippen MR) is 146 cm³/mol. The molecule has 0 amide bonds. The Morgan fingerprint density at radius 3 is 1.28 bits per heavy atom. The van der Waals surface area contributed by atoms with E-state index >= 15 is 0 Å². The molecule has 0 aliphatic heterocycles. The van der Waals surface area contributed by atoms with E-state index in [1.807, 2.05) is 0 Å². The Kier molecular flexibility index (Phi) is 7.61. The van der Waals surface area contributed by atoms with Gasteiger partial charge >= 0.3 is 0 Å². The summed E-state index contributed by atoms with van der Waals surface area (Å²) in [7, 11) is 0. The molecule has 0 fully saturated rings. The minimum absolute atomic E-state index is 0.750. The molecule has 0 bridgehead atoms. The highest BCUT2D eigenvalue weighted by Gasteiger charge is 2.31. The highest BCUT2D eigenvalue weighted by molar-refractivity contribution is 7.96. The van der Waals surface area contributed by atoms with Crippen LogP contribution >= 0.6 is 41.7 Å². The maximum atomic E-state index is 4.81. The SMILES string of the molecule is C1=Cc2ccccc2C1=P(c1ccccc1)(c1ccccc1)c1ccccc1.ClC(Cl)Cl. The molecule has 4 aromatic carbocycles. The quantitative estimate of drug-likeness (QED) is 0.208. The maximum absolute atomic E-state index is 4.81. The van der Waals surface area contributed by atoms with Gasteiger partial charge in [-0.05, 0) is 39.2 Å². The molecule has 32 heavy (non-hydrogen) atoms. The fraction of sp³-hybridized carbons (Fsp3) is 0.0357. The Balaban J connectivity index is 0.000000567. The van der Waals surface area contributed by atoms with Crippen molar-refractivity contribution in [2.24, 2.45) is 0 Å². The lowest BCUT2D eigenvalue weighted by molar-refractivity contribution is 1.65. The van der Waals surface area contributed by atoms with Gasteiger partial charge in [-0.15, -0.1) is 0 Å². The second-order valence-electron chi connectivity index (χ2n) is 7.23. The van der Waals surface area contributed by atoms with E-state index < -0.39 is 11.2 Å². The second-order valence-corrected chi connectivity index (χ2v) is 12.6. The van der Waals surface area contributed by atoms with E-state index in [0.29, 0.717) is 0 Å². The molecule has 0 heterocycles. The van der Waals surface area contributed by atoms with E-state index in [1.54, 1.807) is 0 Å². The Labute approximate surface area is 205 Å². The van der Waals surface area contributed by atoms with Crippen LogP contribution in [0.25, 0.3) is 6.08 Å². The van der Waals surface area contributed by atoms with Crippen LogP contribution in [-0.2, 0) is 0 Å². The zero-order valence-corrected chi connectivity index (χ0v) is 20.4. The normalized spacial score (nSPS) is 12.3. The van der Waals surface area contributed by atoms with Gasteiger partial charge in [-0.2, -0.15) is 0 Å². The molecule has 4 aromatic rings. The summed E-state index contributed by atoms with van der Waals surface area (Å²) in [5, 5.41) is 5.61. The third kappa shape index (κ3) is 4.61. The molecule has 0 unspecified atom stereocenters. The molecular formula is C28H22Cl3P. The smallest absolute Gasteiger partial charge is 0.0874 e. The lowest BCUT2D eigenvalue weighted by Crippen LogP contribution is -2.29. The van der Waals surface area contributed by atoms with Crippen LogP contribution in [0.4, 0.5) is 0 Å². The predicted octanol–water partition coefficient (Wildman–Crippen LogP) is 7.21. The van der Waals surface area contributed by atoms with Crippen molar-refractivity contribution in [3.8, 4) is 0 Å². The van der Waals surface area contributed by atoms with Gasteiger partial charge in [0.1, 0.15) is 0 Å². The van der Waals surface area contributed by atoms with E-state index in [4.69, 9.17) is 34.8 Å². The maximum Gasteiger partial charge on any atom is 0.180 e. The Morgan fingerprint density at radius 2 is 0.844 bits per heavy atom. The third-order valence-corrected chi connectivity index (χ3v) is 9.78. The van der Waals surface area contributed by atoms with E-state index in [-0.39, 0.29) is 0 Å². The molecule has 4 heteroatoms. The summed E-state index contributed by atoms with van der Waals surface area (Å²) in [6.07, 6.45) is 4.62. The summed E-state index contributed by atoms with van der Waals surface area (Å²) in [5.74, 6) is 0. The van der Waals surface area contributed by atoms with Crippen LogP contribution in [-0.4, -0.2) is 9.59 Å². The van der Waals surface area contributed by atoms with Gasteiger partial charge in [-0.25, -0.2) is 0 Å². The number of hydrogen-bond donors (Lipinski definition) is 0. The lowest BCUT2D eigenvalue weighted by Gasteiger charge is -2.31. The summed E-state index contributed by atoms with van der Waals surface area (Å²) in [5.41, 5.74) is 2.66. The zero-order valence-electron chi connectivity index (χ0n) is 17.3. The first kappa shape index (κ1) is 23.0. The second kappa shape index (κ2) is 10.6. The number of halogens is 3. The summed E-state index contributed by atoms with van der Waals surface area (Å²) in [6, 6.07) is 41.9. The largest absolute Gasteiger partial charge is 0.180 e. The highest BCUT2D eigenvalue weighted by Crippen LogP contribution is 2.49. The van der Waals surface area contributed by atoms with Gasteiger partial charge in [0.25, 0.3) is 0 Å². The van der Waals surface area contributed by atoms with Crippen molar-refractivity contribution in [2.75, 3.05) is 0 Å². The van der Waals surface area contributed by atoms with E-state index in [0.717, 1.165) is 0 Å². The van der Waals surface area contributed by atoms with Crippen molar-refractivity contribution in [1.82, 2.24) is 0 Å². The minimum Gasteiger partial charge on any atom is -0.0874 e. The highest BCUT2D eigenvalue weighted by atomic mass is 35.6. The zero-order chi connectivity index (χ0) is 22.4. The van der Waals surface area contributed by atoms with Crippen LogP contribution in [0.3, 0.4) is 0 Å². The number of hydrogen-bond acceptors (Lipinski definition) is 0. The van der Waals surface area contributed by atoms with Crippen molar-refractivity contribution in [3.05, 3.63) is 132 Å². The third-order valence-electron chi connectivity index (χ3n) is 5.45. The van der Waals surface area contributed by atoms with Crippen LogP contribution in [0.15, 0.2) is 121 Å². The van der Waals surface area contributed by atoms with Crippen molar-refractivity contribution < 1.29 is 0 Å². The van der Waals surface area contributed by atoms with Crippen molar-refractivity contribution >= 4 is 69.0 Å². The number of allylic oxidation sites excluding steroid dienone is 1. The van der Waals surface area contributed by atoms with Crippen LogP contribution in [0.5, 0.6) is 0 Å². The average Bonchev–Trinajstić information content (AvgIpc) is 3.26. The molecule has 160 valence electrons. The molecule has 0 saturated heterocycles. The number of fused-ring (bicyclic) bond motifs is 1. The van der Waals surface area contributed by atoms with Crippen molar-refractivity contribution in [1.29, 1.82) is 0 Å². The van der Waals surface area contributed by atoms with Gasteiger partial charge in [0.2, 0.25) is 0 Å². The fourth-order valence-electron chi connectivity index (χ4n) is 4.25. The van der Waals surface area contributed by atoms with Crippen molar-refractivity contribution in [2.45, 2.75) is 4.30 Å². The molecule has 0 atom stereocenters. The van der Waals surface area contributed by atoms with Gasteiger partial charge in [0.15, 0.2) is 4.30 Å². The first-order valence-electron chi connectivity index (χ1n) is 10.3. The molecule has 1 aliphatic carbocycles. The van der Waals surface area contributed by atoms with E-state index in [1.165, 1.54) is 32.3 Å². The first-order chi connectivity index (χ1) is 15.6. The summed E-state index contributed by atoms with van der Waals surface area (Å²) < 4.78 is -0.750. The number of rotatable bonds is 3. The fourth-order valence-corrected chi connectivity index (χ4v) is 8.70. The van der Waals surface area contributed by atoms with Gasteiger partial charge in [0.05, 0.1) is 0 Å². The molecule has 0 radical (unpaired) electrons. The molecule has 0 nitrogen and oxygen atoms in total. The van der Waals surface area contributed by atoms with Crippen LogP contribution in [0.1, 0.15) is 11.1 Å². The molecule has 0 aromatic heterocycles. The van der Waals surface area contributed by atoms with Gasteiger partial charge in [-0.1, -0.05) is 162 Å². The van der Waals surface area contributed by atoms with Crippen molar-refractivity contribution in [3.63, 3.8) is 0 Å². The van der Waals surface area contributed by atoms with Crippen LogP contribution in [0.2, 0.25) is 0 Å². The average molecular weight is 496 g/mol. The summed E-state index contributed by atoms with van der Waals surface area (Å²) in [6.45, 7) is -2.00. The van der Waals surface area contributed by atoms with E-state index in [2.05, 4.69) is 127 Å². The van der Waals surface area contributed by atoms with Gasteiger partial charge < -0.3 is 0 Å². The first-order valence-corrected chi connectivity index (χ1v) is 13.4. The molecular weight excluding hydrogens is 474 g/mol. The Morgan fingerprint density at radius 1 is 0.469 bits per heavy atom. The van der Waals surface area contributed by atoms with Crippen LogP contribution in [0, 0.1) is 0 Å². The summed E-state index contributed by atoms with van der Waals surface area (Å²) in [4.78, 5) is 0. The standard InChI is InChI=1S/C27H21P.CHCl3/c1-4-13-23(14-5-1)28(24-15-6-2-7-16-24,25-17-8-3-9-18-25)27-21-20-22-12-10-11-19-26(22)27;2-1(3)4/h1-21H;1H. The molecule has 0 saturated carbocycles. The molecule has 0 N–H and O–H groups in total. The Bertz CT molecular complexity index is 1140. The topological polar surface area (TPSA) is 0 Å². The van der Waals surface area contributed by atoms with E-state index in [9.17, 15) is 0 Å². The Hall–Kier alpha value is -2.21. The molecule has 5 rings (SSSR count). The molecule has 0 spiro atoms. The minimum atomic E-state index is -2.00. The number of benzene rings is 4. The summed E-state index contributed by atoms with van der Waals surface area (Å²) >= 11 is 14.4. The van der Waals surface area contributed by atoms with Gasteiger partial charge in [-0.3, -0.25) is 0 Å². The monoisotopic (exact) mass is 494 g/mol. The van der Waals surface area contributed by atoms with Crippen LogP contribution < -0.4 is 15.9 Å².